The van der Waals surface area contributed by atoms with E-state index in [0.29, 0.717) is 12.0 Å². The molecule has 0 bridgehead atoms. The molecule has 0 unspecified atom stereocenters. The SMILES string of the molecule is F[B-](F)(F)c1ccc2c(c1)-c1cc(Br)ccc1C2. The lowest BCUT2D eigenvalue weighted by atomic mass is 9.78. The lowest BCUT2D eigenvalue weighted by Crippen LogP contribution is -2.33. The van der Waals surface area contributed by atoms with Gasteiger partial charge in [0, 0.05) is 4.47 Å². The molecule has 1 aliphatic rings. The molecule has 0 aromatic heterocycles. The van der Waals surface area contributed by atoms with Gasteiger partial charge in [-0.05, 0) is 40.8 Å². The zero-order valence-corrected chi connectivity index (χ0v) is 10.8. The minimum absolute atomic E-state index is 0.526. The third-order valence-corrected chi connectivity index (χ3v) is 3.75. The van der Waals surface area contributed by atoms with Crippen molar-refractivity contribution in [1.29, 1.82) is 0 Å². The smallest absolute Gasteiger partial charge is 0.445 e. The van der Waals surface area contributed by atoms with Gasteiger partial charge in [-0.25, -0.2) is 0 Å². The van der Waals surface area contributed by atoms with Crippen molar-refractivity contribution in [2.45, 2.75) is 6.42 Å². The fourth-order valence-corrected chi connectivity index (χ4v) is 2.72. The topological polar surface area (TPSA) is 0 Å². The van der Waals surface area contributed by atoms with Crippen LogP contribution in [0.15, 0.2) is 40.9 Å². The fraction of sp³-hybridized carbons (Fsp3) is 0.0769. The van der Waals surface area contributed by atoms with Gasteiger partial charge in [0.1, 0.15) is 0 Å². The Labute approximate surface area is 111 Å². The van der Waals surface area contributed by atoms with Crippen LogP contribution in [0.2, 0.25) is 0 Å². The summed E-state index contributed by atoms with van der Waals surface area (Å²) >= 11 is 3.36. The van der Waals surface area contributed by atoms with Gasteiger partial charge in [0.05, 0.1) is 0 Å². The maximum absolute atomic E-state index is 12.8. The average molecular weight is 312 g/mol. The molecule has 0 fully saturated rings. The predicted octanol–water partition coefficient (Wildman–Crippen LogP) is 4.07. The van der Waals surface area contributed by atoms with Crippen LogP contribution in [0.1, 0.15) is 11.1 Å². The molecule has 0 saturated carbocycles. The van der Waals surface area contributed by atoms with E-state index >= 15 is 0 Å². The maximum Gasteiger partial charge on any atom is 0.509 e. The maximum atomic E-state index is 12.8. The van der Waals surface area contributed by atoms with Gasteiger partial charge in [-0.3, -0.25) is 0 Å². The summed E-state index contributed by atoms with van der Waals surface area (Å²) in [7, 11) is 0. The molecule has 0 N–H and O–H groups in total. The number of fused-ring (bicyclic) bond motifs is 3. The van der Waals surface area contributed by atoms with Crippen molar-refractivity contribution >= 4 is 28.4 Å². The summed E-state index contributed by atoms with van der Waals surface area (Å²) in [6, 6.07) is 9.80. The zero-order chi connectivity index (χ0) is 12.9. The van der Waals surface area contributed by atoms with Gasteiger partial charge in [-0.15, -0.1) is 5.46 Å². The molecule has 0 spiro atoms. The van der Waals surface area contributed by atoms with Crippen LogP contribution < -0.4 is 5.46 Å². The number of hydrogen-bond acceptors (Lipinski definition) is 0. The van der Waals surface area contributed by atoms with Crippen molar-refractivity contribution < 1.29 is 12.9 Å². The molecule has 0 atom stereocenters. The van der Waals surface area contributed by atoms with E-state index in [1.54, 1.807) is 6.07 Å². The third-order valence-electron chi connectivity index (χ3n) is 3.25. The van der Waals surface area contributed by atoms with Crippen LogP contribution in [0.25, 0.3) is 11.1 Å². The second-order valence-electron chi connectivity index (χ2n) is 4.47. The van der Waals surface area contributed by atoms with Crippen LogP contribution in [0.5, 0.6) is 0 Å². The normalized spacial score (nSPS) is 13.3. The molecule has 5 heteroatoms. The van der Waals surface area contributed by atoms with Crippen molar-refractivity contribution in [2.24, 2.45) is 0 Å². The molecule has 2 aromatic rings. The summed E-state index contributed by atoms with van der Waals surface area (Å²) < 4.78 is 39.2. The first kappa shape index (κ1) is 11.8. The van der Waals surface area contributed by atoms with Crippen LogP contribution in [-0.4, -0.2) is 6.98 Å². The van der Waals surface area contributed by atoms with Gasteiger partial charge >= 0.3 is 6.98 Å². The van der Waals surface area contributed by atoms with E-state index in [-0.39, 0.29) is 0 Å². The molecule has 92 valence electrons. The van der Waals surface area contributed by atoms with Gasteiger partial charge in [0.25, 0.3) is 0 Å². The first-order valence-corrected chi connectivity index (χ1v) is 6.36. The van der Waals surface area contributed by atoms with Gasteiger partial charge in [-0.2, -0.15) is 0 Å². The van der Waals surface area contributed by atoms with E-state index in [4.69, 9.17) is 0 Å². The molecule has 2 aromatic carbocycles. The van der Waals surface area contributed by atoms with Crippen molar-refractivity contribution in [3.05, 3.63) is 52.0 Å². The number of benzene rings is 2. The van der Waals surface area contributed by atoms with Crippen molar-refractivity contribution in [3.63, 3.8) is 0 Å². The monoisotopic (exact) mass is 311 g/mol. The molecule has 0 nitrogen and oxygen atoms in total. The Morgan fingerprint density at radius 3 is 2.17 bits per heavy atom. The minimum Gasteiger partial charge on any atom is -0.445 e. The van der Waals surface area contributed by atoms with Crippen molar-refractivity contribution in [1.82, 2.24) is 0 Å². The van der Waals surface area contributed by atoms with E-state index in [0.717, 1.165) is 21.2 Å². The molecule has 1 aliphatic carbocycles. The Bertz CT molecular complexity index is 635. The Morgan fingerprint density at radius 1 is 0.889 bits per heavy atom. The van der Waals surface area contributed by atoms with E-state index in [1.165, 1.54) is 12.1 Å². The highest BCUT2D eigenvalue weighted by atomic mass is 79.9. The molecule has 3 rings (SSSR count). The van der Waals surface area contributed by atoms with E-state index in [2.05, 4.69) is 15.9 Å². The largest absolute Gasteiger partial charge is 0.509 e. The Kier molecular flexibility index (Phi) is 2.56. The van der Waals surface area contributed by atoms with Gasteiger partial charge in [-0.1, -0.05) is 40.2 Å². The van der Waals surface area contributed by atoms with Crippen LogP contribution in [-0.2, 0) is 6.42 Å². The highest BCUT2D eigenvalue weighted by Crippen LogP contribution is 2.37. The van der Waals surface area contributed by atoms with E-state index < -0.39 is 12.4 Å². The molecular weight excluding hydrogens is 304 g/mol. The summed E-state index contributed by atoms with van der Waals surface area (Å²) in [4.78, 5) is 0. The van der Waals surface area contributed by atoms with Crippen LogP contribution in [0.4, 0.5) is 12.9 Å². The second kappa shape index (κ2) is 3.88. The molecule has 0 heterocycles. The summed E-state index contributed by atoms with van der Waals surface area (Å²) in [6.45, 7) is -4.93. The predicted molar refractivity (Wildman–Crippen MR) is 71.1 cm³/mol. The molecule has 18 heavy (non-hydrogen) atoms. The van der Waals surface area contributed by atoms with E-state index in [1.807, 2.05) is 18.2 Å². The fourth-order valence-electron chi connectivity index (χ4n) is 2.36. The van der Waals surface area contributed by atoms with Crippen LogP contribution >= 0.6 is 15.9 Å². The average Bonchev–Trinajstić information content (AvgIpc) is 2.65. The summed E-state index contributed by atoms with van der Waals surface area (Å²) in [6.07, 6.45) is 0.711. The lowest BCUT2D eigenvalue weighted by Gasteiger charge is -2.16. The van der Waals surface area contributed by atoms with Gasteiger partial charge in [0.2, 0.25) is 0 Å². The highest BCUT2D eigenvalue weighted by Gasteiger charge is 2.28. The lowest BCUT2D eigenvalue weighted by molar-refractivity contribution is 0.501. The first-order valence-electron chi connectivity index (χ1n) is 5.57. The highest BCUT2D eigenvalue weighted by molar-refractivity contribution is 9.10. The zero-order valence-electron chi connectivity index (χ0n) is 9.26. The number of hydrogen-bond donors (Lipinski definition) is 0. The molecule has 0 saturated heterocycles. The van der Waals surface area contributed by atoms with Crippen LogP contribution in [0, 0.1) is 0 Å². The van der Waals surface area contributed by atoms with Crippen molar-refractivity contribution in [3.8, 4) is 11.1 Å². The molecule has 0 amide bonds. The van der Waals surface area contributed by atoms with Crippen LogP contribution in [0.3, 0.4) is 0 Å². The summed E-state index contributed by atoms with van der Waals surface area (Å²) in [5.74, 6) is 0. The molecule has 0 radical (unpaired) electrons. The molecule has 0 aliphatic heterocycles. The second-order valence-corrected chi connectivity index (χ2v) is 5.39. The van der Waals surface area contributed by atoms with Gasteiger partial charge < -0.3 is 12.9 Å². The Morgan fingerprint density at radius 2 is 1.50 bits per heavy atom. The Hall–Kier alpha value is -1.23. The summed E-state index contributed by atoms with van der Waals surface area (Å²) in [5.41, 5.74) is 3.14. The van der Waals surface area contributed by atoms with Crippen molar-refractivity contribution in [2.75, 3.05) is 0 Å². The standard InChI is InChI=1S/C13H8BBrF3/c15-11-4-2-9-5-8-1-3-10(14(16,17)18)6-12(8)13(9)7-11/h1-4,6-7H,5H2/q-1. The third kappa shape index (κ3) is 1.86. The number of rotatable bonds is 1. The van der Waals surface area contributed by atoms with Gasteiger partial charge in [0.15, 0.2) is 0 Å². The van der Waals surface area contributed by atoms with E-state index in [9.17, 15) is 12.9 Å². The molecular formula is C13H8BBrF3-. The summed E-state index contributed by atoms with van der Waals surface area (Å²) in [5, 5.41) is 0. The minimum atomic E-state index is -4.93. The number of halogens is 4. The quantitative estimate of drug-likeness (QED) is 0.594. The first-order chi connectivity index (χ1) is 8.45. The Balaban J connectivity index is 2.19.